The Kier molecular flexibility index (Phi) is 6.48. The minimum Gasteiger partial charge on any atom is -0.497 e. The maximum atomic E-state index is 5.21. The summed E-state index contributed by atoms with van der Waals surface area (Å²) in [7, 11) is 1.71. The summed E-state index contributed by atoms with van der Waals surface area (Å²) in [6, 6.07) is 18.2. The monoisotopic (exact) mass is 338 g/mol. The first-order valence-corrected chi connectivity index (χ1v) is 9.46. The molecule has 0 bridgehead atoms. The fourth-order valence-corrected chi connectivity index (χ4v) is 3.65. The van der Waals surface area contributed by atoms with Gasteiger partial charge < -0.3 is 10.1 Å². The van der Waals surface area contributed by atoms with Crippen molar-refractivity contribution in [3.05, 3.63) is 65.2 Å². The standard InChI is InChI=1S/C22H30N2O/c1-3-24-16-15-23-17-22(24)20-11-7-18(8-12-20)5-4-6-19-9-13-21(25-2)14-10-19/h7-14,22-23H,3-6,15-17H2,1-2H3. The minimum absolute atomic E-state index is 0.520. The van der Waals surface area contributed by atoms with Gasteiger partial charge in [-0.25, -0.2) is 0 Å². The predicted octanol–water partition coefficient (Wildman–Crippen LogP) is 3.84. The number of methoxy groups -OCH3 is 1. The van der Waals surface area contributed by atoms with E-state index in [1.165, 1.54) is 23.1 Å². The fraction of sp³-hybridized carbons (Fsp3) is 0.455. The second-order valence-electron chi connectivity index (χ2n) is 6.79. The first-order valence-electron chi connectivity index (χ1n) is 9.46. The molecular weight excluding hydrogens is 308 g/mol. The molecule has 3 nitrogen and oxygen atoms in total. The molecule has 25 heavy (non-hydrogen) atoms. The van der Waals surface area contributed by atoms with Crippen molar-refractivity contribution in [2.24, 2.45) is 0 Å². The largest absolute Gasteiger partial charge is 0.497 e. The van der Waals surface area contributed by atoms with Crippen LogP contribution in [0.5, 0.6) is 5.75 Å². The smallest absolute Gasteiger partial charge is 0.118 e. The molecule has 1 aliphatic heterocycles. The van der Waals surface area contributed by atoms with Crippen molar-refractivity contribution in [1.29, 1.82) is 0 Å². The number of aryl methyl sites for hydroxylation is 2. The molecule has 1 heterocycles. The van der Waals surface area contributed by atoms with Crippen molar-refractivity contribution in [1.82, 2.24) is 10.2 Å². The number of ether oxygens (including phenoxy) is 1. The SMILES string of the molecule is CCN1CCNCC1c1ccc(CCCc2ccc(OC)cc2)cc1. The Morgan fingerprint density at radius 2 is 1.64 bits per heavy atom. The third kappa shape index (κ3) is 4.83. The molecule has 3 rings (SSSR count). The summed E-state index contributed by atoms with van der Waals surface area (Å²) in [5, 5.41) is 3.52. The number of likely N-dealkylation sites (N-methyl/N-ethyl adjacent to an activating group) is 1. The van der Waals surface area contributed by atoms with E-state index in [-0.39, 0.29) is 0 Å². The molecule has 0 amide bonds. The number of piperazine rings is 1. The normalized spacial score (nSPS) is 18.2. The molecule has 2 aromatic rings. The summed E-state index contributed by atoms with van der Waals surface area (Å²) in [5.74, 6) is 0.928. The van der Waals surface area contributed by atoms with Crippen LogP contribution in [-0.2, 0) is 12.8 Å². The molecule has 3 heteroatoms. The summed E-state index contributed by atoms with van der Waals surface area (Å²) in [6.45, 7) is 6.69. The molecular formula is C22H30N2O. The predicted molar refractivity (Wildman–Crippen MR) is 104 cm³/mol. The highest BCUT2D eigenvalue weighted by Crippen LogP contribution is 2.22. The molecule has 1 unspecified atom stereocenters. The van der Waals surface area contributed by atoms with Crippen molar-refractivity contribution < 1.29 is 4.74 Å². The topological polar surface area (TPSA) is 24.5 Å². The molecule has 134 valence electrons. The summed E-state index contributed by atoms with van der Waals surface area (Å²) in [4.78, 5) is 2.56. The number of hydrogen-bond acceptors (Lipinski definition) is 3. The molecule has 2 aromatic carbocycles. The highest BCUT2D eigenvalue weighted by molar-refractivity contribution is 5.28. The number of nitrogens with zero attached hydrogens (tertiary/aromatic N) is 1. The lowest BCUT2D eigenvalue weighted by Gasteiger charge is -2.35. The molecule has 0 aromatic heterocycles. The maximum Gasteiger partial charge on any atom is 0.118 e. The van der Waals surface area contributed by atoms with Crippen LogP contribution in [0, 0.1) is 0 Å². The Labute approximate surface area is 152 Å². The van der Waals surface area contributed by atoms with Gasteiger partial charge in [-0.15, -0.1) is 0 Å². The van der Waals surface area contributed by atoms with Crippen molar-refractivity contribution in [2.45, 2.75) is 32.2 Å². The van der Waals surface area contributed by atoms with Gasteiger partial charge in [0, 0.05) is 25.7 Å². The van der Waals surface area contributed by atoms with Crippen molar-refractivity contribution in [3.8, 4) is 5.75 Å². The highest BCUT2D eigenvalue weighted by Gasteiger charge is 2.21. The average Bonchev–Trinajstić information content (AvgIpc) is 2.69. The van der Waals surface area contributed by atoms with Gasteiger partial charge in [0.05, 0.1) is 7.11 Å². The average molecular weight is 338 g/mol. The molecule has 1 N–H and O–H groups in total. The molecule has 0 saturated carbocycles. The number of hydrogen-bond donors (Lipinski definition) is 1. The van der Waals surface area contributed by atoms with E-state index >= 15 is 0 Å². The van der Waals surface area contributed by atoms with Crippen LogP contribution in [0.4, 0.5) is 0 Å². The Morgan fingerprint density at radius 1 is 1.00 bits per heavy atom. The summed E-state index contributed by atoms with van der Waals surface area (Å²) in [6.07, 6.45) is 3.42. The van der Waals surface area contributed by atoms with E-state index in [9.17, 15) is 0 Å². The first kappa shape index (κ1) is 18.0. The molecule has 0 aliphatic carbocycles. The quantitative estimate of drug-likeness (QED) is 0.830. The lowest BCUT2D eigenvalue weighted by molar-refractivity contribution is 0.171. The van der Waals surface area contributed by atoms with Crippen LogP contribution in [-0.4, -0.2) is 38.2 Å². The van der Waals surface area contributed by atoms with Crippen LogP contribution in [0.1, 0.15) is 36.1 Å². The van der Waals surface area contributed by atoms with Gasteiger partial charge in [-0.2, -0.15) is 0 Å². The molecule has 1 atom stereocenters. The van der Waals surface area contributed by atoms with Gasteiger partial charge in [0.2, 0.25) is 0 Å². The lowest BCUT2D eigenvalue weighted by Crippen LogP contribution is -2.45. The van der Waals surface area contributed by atoms with E-state index in [0.29, 0.717) is 6.04 Å². The molecule has 1 aliphatic rings. The Morgan fingerprint density at radius 3 is 2.24 bits per heavy atom. The zero-order valence-electron chi connectivity index (χ0n) is 15.5. The second-order valence-corrected chi connectivity index (χ2v) is 6.79. The third-order valence-electron chi connectivity index (χ3n) is 5.21. The molecule has 0 spiro atoms. The van der Waals surface area contributed by atoms with Gasteiger partial charge >= 0.3 is 0 Å². The zero-order chi connectivity index (χ0) is 17.5. The van der Waals surface area contributed by atoms with Gasteiger partial charge in [0.1, 0.15) is 5.75 Å². The van der Waals surface area contributed by atoms with Gasteiger partial charge in [-0.05, 0) is 54.6 Å². The number of rotatable bonds is 7. The summed E-state index contributed by atoms with van der Waals surface area (Å²) < 4.78 is 5.21. The van der Waals surface area contributed by atoms with Crippen LogP contribution < -0.4 is 10.1 Å². The molecule has 1 fully saturated rings. The number of nitrogens with one attached hydrogen (secondary N) is 1. The van der Waals surface area contributed by atoms with Gasteiger partial charge in [-0.3, -0.25) is 4.90 Å². The lowest BCUT2D eigenvalue weighted by atomic mass is 9.99. The van der Waals surface area contributed by atoms with Crippen LogP contribution in [0.15, 0.2) is 48.5 Å². The molecule has 0 radical (unpaired) electrons. The van der Waals surface area contributed by atoms with E-state index in [2.05, 4.69) is 53.5 Å². The van der Waals surface area contributed by atoms with Crippen molar-refractivity contribution in [2.75, 3.05) is 33.3 Å². The first-order chi connectivity index (χ1) is 12.3. The zero-order valence-corrected chi connectivity index (χ0v) is 15.5. The third-order valence-corrected chi connectivity index (χ3v) is 5.21. The minimum atomic E-state index is 0.520. The van der Waals surface area contributed by atoms with E-state index in [1.807, 2.05) is 12.1 Å². The Balaban J connectivity index is 1.51. The summed E-state index contributed by atoms with van der Waals surface area (Å²) in [5.41, 5.74) is 4.25. The van der Waals surface area contributed by atoms with E-state index in [0.717, 1.165) is 44.8 Å². The summed E-state index contributed by atoms with van der Waals surface area (Å²) >= 11 is 0. The van der Waals surface area contributed by atoms with Crippen molar-refractivity contribution >= 4 is 0 Å². The van der Waals surface area contributed by atoms with E-state index in [1.54, 1.807) is 7.11 Å². The van der Waals surface area contributed by atoms with Crippen molar-refractivity contribution in [3.63, 3.8) is 0 Å². The number of benzene rings is 2. The van der Waals surface area contributed by atoms with Crippen LogP contribution >= 0.6 is 0 Å². The van der Waals surface area contributed by atoms with Crippen LogP contribution in [0.3, 0.4) is 0 Å². The van der Waals surface area contributed by atoms with E-state index < -0.39 is 0 Å². The van der Waals surface area contributed by atoms with Crippen LogP contribution in [0.25, 0.3) is 0 Å². The van der Waals surface area contributed by atoms with Gasteiger partial charge in [0.15, 0.2) is 0 Å². The van der Waals surface area contributed by atoms with Gasteiger partial charge in [0.25, 0.3) is 0 Å². The second kappa shape index (κ2) is 9.02. The van der Waals surface area contributed by atoms with Gasteiger partial charge in [-0.1, -0.05) is 43.3 Å². The highest BCUT2D eigenvalue weighted by atomic mass is 16.5. The van der Waals surface area contributed by atoms with E-state index in [4.69, 9.17) is 4.74 Å². The maximum absolute atomic E-state index is 5.21. The fourth-order valence-electron chi connectivity index (χ4n) is 3.65. The Hall–Kier alpha value is -1.84. The molecule has 1 saturated heterocycles. The van der Waals surface area contributed by atoms with Crippen LogP contribution in [0.2, 0.25) is 0 Å². The Bertz CT molecular complexity index is 636.